The van der Waals surface area contributed by atoms with Crippen LogP contribution < -0.4 is 15.4 Å². The van der Waals surface area contributed by atoms with Crippen molar-refractivity contribution in [2.45, 2.75) is 45.1 Å². The van der Waals surface area contributed by atoms with Crippen LogP contribution in [-0.4, -0.2) is 34.2 Å². The number of hydrogen-bond donors (Lipinski definition) is 3. The van der Waals surface area contributed by atoms with E-state index in [0.29, 0.717) is 36.3 Å². The molecule has 0 atom stereocenters. The highest BCUT2D eigenvalue weighted by Crippen LogP contribution is 2.27. The molecular weight excluding hydrogens is 366 g/mol. The number of nitrogens with one attached hydrogen (secondary N) is 3. The molecule has 0 unspecified atom stereocenters. The number of fused-ring (bicyclic) bond motifs is 1. The molecule has 0 aromatic carbocycles. The molecule has 0 saturated heterocycles. The molecule has 2 aromatic rings. The molecule has 1 aliphatic carbocycles. The van der Waals surface area contributed by atoms with Gasteiger partial charge in [0.2, 0.25) is 0 Å². The number of pyridine rings is 1. The van der Waals surface area contributed by atoms with E-state index in [1.807, 2.05) is 12.1 Å². The quantitative estimate of drug-likeness (QED) is 0.728. The fourth-order valence-corrected chi connectivity index (χ4v) is 3.74. The Kier molecular flexibility index (Phi) is 6.68. The zero-order chi connectivity index (χ0) is 17.8. The minimum atomic E-state index is -0.257. The SMILES string of the molecule is Cl.O=C(Nc1ncccc1OCC1CCCCC1)c1n[nH]c2c1CNCC2. The molecule has 1 saturated carbocycles. The minimum absolute atomic E-state index is 0. The van der Waals surface area contributed by atoms with Crippen LogP contribution in [0.5, 0.6) is 5.75 Å². The van der Waals surface area contributed by atoms with E-state index in [2.05, 4.69) is 25.8 Å². The lowest BCUT2D eigenvalue weighted by Crippen LogP contribution is -2.25. The van der Waals surface area contributed by atoms with Crippen LogP contribution in [-0.2, 0) is 13.0 Å². The van der Waals surface area contributed by atoms with Crippen molar-refractivity contribution in [1.29, 1.82) is 0 Å². The van der Waals surface area contributed by atoms with Crippen LogP contribution in [0, 0.1) is 5.92 Å². The number of rotatable bonds is 5. The molecule has 0 spiro atoms. The molecule has 2 aromatic heterocycles. The van der Waals surface area contributed by atoms with Gasteiger partial charge in [-0.25, -0.2) is 4.98 Å². The first-order chi connectivity index (χ1) is 12.8. The molecule has 4 rings (SSSR count). The second-order valence-electron chi connectivity index (χ2n) is 7.08. The predicted octanol–water partition coefficient (Wildman–Crippen LogP) is 3.08. The van der Waals surface area contributed by atoms with E-state index >= 15 is 0 Å². The Hall–Kier alpha value is -2.12. The van der Waals surface area contributed by atoms with Gasteiger partial charge >= 0.3 is 0 Å². The van der Waals surface area contributed by atoms with Gasteiger partial charge in [0, 0.05) is 37.0 Å². The Bertz CT molecular complexity index is 773. The van der Waals surface area contributed by atoms with Crippen LogP contribution in [0.15, 0.2) is 18.3 Å². The van der Waals surface area contributed by atoms with Crippen LogP contribution >= 0.6 is 12.4 Å². The average molecular weight is 392 g/mol. The molecule has 2 aliphatic rings. The van der Waals surface area contributed by atoms with Crippen LogP contribution in [0.3, 0.4) is 0 Å². The predicted molar refractivity (Wildman–Crippen MR) is 106 cm³/mol. The van der Waals surface area contributed by atoms with E-state index in [9.17, 15) is 4.79 Å². The first-order valence-electron chi connectivity index (χ1n) is 9.47. The number of nitrogens with zero attached hydrogens (tertiary/aromatic N) is 2. The summed E-state index contributed by atoms with van der Waals surface area (Å²) in [4.78, 5) is 17.0. The van der Waals surface area contributed by atoms with Crippen LogP contribution in [0.25, 0.3) is 0 Å². The fourth-order valence-electron chi connectivity index (χ4n) is 3.74. The monoisotopic (exact) mass is 391 g/mol. The lowest BCUT2D eigenvalue weighted by molar-refractivity contribution is 0.102. The van der Waals surface area contributed by atoms with Crippen molar-refractivity contribution in [3.63, 3.8) is 0 Å². The van der Waals surface area contributed by atoms with Gasteiger partial charge in [0.25, 0.3) is 5.91 Å². The van der Waals surface area contributed by atoms with E-state index in [0.717, 1.165) is 24.2 Å². The Morgan fingerprint density at radius 3 is 3.00 bits per heavy atom. The third-order valence-corrected chi connectivity index (χ3v) is 5.22. The van der Waals surface area contributed by atoms with Crippen molar-refractivity contribution < 1.29 is 9.53 Å². The topological polar surface area (TPSA) is 91.9 Å². The molecule has 1 aliphatic heterocycles. The van der Waals surface area contributed by atoms with Gasteiger partial charge in [-0.3, -0.25) is 9.89 Å². The van der Waals surface area contributed by atoms with Gasteiger partial charge in [-0.1, -0.05) is 19.3 Å². The largest absolute Gasteiger partial charge is 0.489 e. The third kappa shape index (κ3) is 4.59. The summed E-state index contributed by atoms with van der Waals surface area (Å²) in [6.45, 7) is 2.23. The van der Waals surface area contributed by atoms with E-state index in [1.165, 1.54) is 32.1 Å². The zero-order valence-electron chi connectivity index (χ0n) is 15.3. The second kappa shape index (κ2) is 9.19. The molecule has 27 heavy (non-hydrogen) atoms. The summed E-state index contributed by atoms with van der Waals surface area (Å²) < 4.78 is 5.99. The summed E-state index contributed by atoms with van der Waals surface area (Å²) in [6.07, 6.45) is 8.84. The Labute approximate surface area is 165 Å². The van der Waals surface area contributed by atoms with Crippen molar-refractivity contribution in [3.05, 3.63) is 35.3 Å². The number of H-pyrrole nitrogens is 1. The average Bonchev–Trinajstić information content (AvgIpc) is 3.12. The van der Waals surface area contributed by atoms with Gasteiger partial charge in [-0.05, 0) is 30.9 Å². The van der Waals surface area contributed by atoms with Crippen LogP contribution in [0.4, 0.5) is 5.82 Å². The van der Waals surface area contributed by atoms with Gasteiger partial charge in [-0.15, -0.1) is 12.4 Å². The third-order valence-electron chi connectivity index (χ3n) is 5.22. The van der Waals surface area contributed by atoms with Gasteiger partial charge in [0.15, 0.2) is 17.3 Å². The Balaban J connectivity index is 0.00000210. The molecule has 0 radical (unpaired) electrons. The number of amides is 1. The molecule has 0 bridgehead atoms. The maximum absolute atomic E-state index is 12.7. The minimum Gasteiger partial charge on any atom is -0.489 e. The van der Waals surface area contributed by atoms with Crippen LogP contribution in [0.1, 0.15) is 53.8 Å². The smallest absolute Gasteiger partial charge is 0.277 e. The van der Waals surface area contributed by atoms with Crippen molar-refractivity contribution >= 4 is 24.1 Å². The van der Waals surface area contributed by atoms with Crippen molar-refractivity contribution in [1.82, 2.24) is 20.5 Å². The molecule has 8 heteroatoms. The number of ether oxygens (including phenoxy) is 1. The summed E-state index contributed by atoms with van der Waals surface area (Å²) in [5.41, 5.74) is 2.40. The lowest BCUT2D eigenvalue weighted by atomic mass is 9.90. The molecular formula is C19H26ClN5O2. The number of aromatic nitrogens is 3. The Morgan fingerprint density at radius 1 is 1.30 bits per heavy atom. The summed E-state index contributed by atoms with van der Waals surface area (Å²) in [6, 6.07) is 3.68. The highest BCUT2D eigenvalue weighted by molar-refractivity contribution is 6.04. The molecule has 146 valence electrons. The summed E-state index contributed by atoms with van der Waals surface area (Å²) in [7, 11) is 0. The summed E-state index contributed by atoms with van der Waals surface area (Å²) in [5.74, 6) is 1.41. The Morgan fingerprint density at radius 2 is 2.15 bits per heavy atom. The highest BCUT2D eigenvalue weighted by atomic mass is 35.5. The number of halogens is 1. The van der Waals surface area contributed by atoms with E-state index in [1.54, 1.807) is 6.20 Å². The van der Waals surface area contributed by atoms with Crippen molar-refractivity contribution in [2.75, 3.05) is 18.5 Å². The zero-order valence-corrected chi connectivity index (χ0v) is 16.1. The van der Waals surface area contributed by atoms with Crippen molar-refractivity contribution in [3.8, 4) is 5.75 Å². The second-order valence-corrected chi connectivity index (χ2v) is 7.08. The molecule has 1 fully saturated rings. The first kappa shape index (κ1) is 19.6. The first-order valence-corrected chi connectivity index (χ1v) is 9.47. The lowest BCUT2D eigenvalue weighted by Gasteiger charge is -2.22. The molecule has 3 heterocycles. The molecule has 7 nitrogen and oxygen atoms in total. The number of hydrogen-bond acceptors (Lipinski definition) is 5. The maximum Gasteiger partial charge on any atom is 0.277 e. The number of carbonyl (C=O) groups excluding carboxylic acids is 1. The van der Waals surface area contributed by atoms with Gasteiger partial charge in [-0.2, -0.15) is 5.10 Å². The fraction of sp³-hybridized carbons (Fsp3) is 0.526. The van der Waals surface area contributed by atoms with E-state index in [-0.39, 0.29) is 18.3 Å². The molecule has 1 amide bonds. The van der Waals surface area contributed by atoms with Crippen molar-refractivity contribution in [2.24, 2.45) is 5.92 Å². The van der Waals surface area contributed by atoms with E-state index in [4.69, 9.17) is 4.74 Å². The standard InChI is InChI=1S/C19H25N5O2.ClH/c25-19(17-14-11-20-10-8-15(14)23-24-17)22-18-16(7-4-9-21-18)26-12-13-5-2-1-3-6-13;/h4,7,9,13,20H,1-3,5-6,8,10-12H2,(H,23,24)(H,21,22,25);1H. The number of carbonyl (C=O) groups is 1. The van der Waals surface area contributed by atoms with Gasteiger partial charge in [0.05, 0.1) is 6.61 Å². The maximum atomic E-state index is 12.7. The molecule has 3 N–H and O–H groups in total. The number of aromatic amines is 1. The highest BCUT2D eigenvalue weighted by Gasteiger charge is 2.23. The summed E-state index contributed by atoms with van der Waals surface area (Å²) >= 11 is 0. The normalized spacial score (nSPS) is 16.9. The van der Waals surface area contributed by atoms with Gasteiger partial charge in [0.1, 0.15) is 0 Å². The van der Waals surface area contributed by atoms with Gasteiger partial charge < -0.3 is 15.4 Å². The van der Waals surface area contributed by atoms with E-state index < -0.39 is 0 Å². The van der Waals surface area contributed by atoms with Crippen LogP contribution in [0.2, 0.25) is 0 Å². The number of anilines is 1. The summed E-state index contributed by atoms with van der Waals surface area (Å²) in [5, 5.41) is 13.3.